The summed E-state index contributed by atoms with van der Waals surface area (Å²) in [6.07, 6.45) is 7.55. The van der Waals surface area contributed by atoms with Crippen molar-refractivity contribution in [3.63, 3.8) is 0 Å². The molecule has 3 aromatic rings. The largest absolute Gasteiger partial charge is 0.395 e. The molecular weight excluding hydrogens is 406 g/mol. The van der Waals surface area contributed by atoms with Crippen LogP contribution in [-0.4, -0.2) is 58.6 Å². The van der Waals surface area contributed by atoms with E-state index in [1.54, 1.807) is 23.3 Å². The van der Waals surface area contributed by atoms with Gasteiger partial charge >= 0.3 is 0 Å². The number of amides is 1. The van der Waals surface area contributed by atoms with Crippen LogP contribution >= 0.6 is 11.3 Å². The maximum atomic E-state index is 13.2. The number of hydrogen-bond donors (Lipinski definition) is 1. The van der Waals surface area contributed by atoms with Crippen LogP contribution in [0.15, 0.2) is 48.7 Å². The van der Waals surface area contributed by atoms with Gasteiger partial charge in [-0.15, -0.1) is 11.3 Å². The molecule has 164 valence electrons. The van der Waals surface area contributed by atoms with Crippen LogP contribution in [0.3, 0.4) is 0 Å². The highest BCUT2D eigenvalue weighted by atomic mass is 32.1. The lowest BCUT2D eigenvalue weighted by Gasteiger charge is -2.30. The third-order valence-electron chi connectivity index (χ3n) is 6.20. The van der Waals surface area contributed by atoms with Crippen LogP contribution in [0.4, 0.5) is 0 Å². The van der Waals surface area contributed by atoms with Crippen LogP contribution in [0.25, 0.3) is 10.1 Å². The fraction of sp³-hybridized carbons (Fsp3) is 0.440. The van der Waals surface area contributed by atoms with Crippen LogP contribution in [0.5, 0.6) is 0 Å². The van der Waals surface area contributed by atoms with Crippen molar-refractivity contribution < 1.29 is 9.90 Å². The summed E-state index contributed by atoms with van der Waals surface area (Å²) in [5.41, 5.74) is 2.26. The van der Waals surface area contributed by atoms with Gasteiger partial charge in [-0.05, 0) is 55.0 Å². The molecule has 1 amide bonds. The molecule has 1 aliphatic rings. The first-order valence-corrected chi connectivity index (χ1v) is 12.0. The number of carbonyl (C=O) groups excluding carboxylic acids is 1. The molecule has 1 N–H and O–H groups in total. The maximum Gasteiger partial charge on any atom is 0.264 e. The van der Waals surface area contributed by atoms with Gasteiger partial charge in [0.1, 0.15) is 0 Å². The summed E-state index contributed by atoms with van der Waals surface area (Å²) in [7, 11) is 1.77. The SMILES string of the molecule is CN(CCO)C(=O)c1sc2ccccc2c1CC1CCCCCN1Cc1ccccn1. The summed E-state index contributed by atoms with van der Waals surface area (Å²) in [6, 6.07) is 14.8. The maximum absolute atomic E-state index is 13.2. The molecule has 31 heavy (non-hydrogen) atoms. The number of pyridine rings is 1. The Morgan fingerprint density at radius 2 is 2.03 bits per heavy atom. The Balaban J connectivity index is 1.66. The average molecular weight is 438 g/mol. The number of rotatable bonds is 7. The van der Waals surface area contributed by atoms with E-state index in [-0.39, 0.29) is 12.5 Å². The fourth-order valence-corrected chi connectivity index (χ4v) is 5.74. The van der Waals surface area contributed by atoms with Crippen molar-refractivity contribution in [3.05, 3.63) is 64.8 Å². The molecule has 5 nitrogen and oxygen atoms in total. The lowest BCUT2D eigenvalue weighted by atomic mass is 9.97. The molecule has 4 rings (SSSR count). The van der Waals surface area contributed by atoms with Gasteiger partial charge in [-0.25, -0.2) is 0 Å². The van der Waals surface area contributed by atoms with Crippen LogP contribution in [0, 0.1) is 0 Å². The van der Waals surface area contributed by atoms with Crippen molar-refractivity contribution >= 4 is 27.3 Å². The van der Waals surface area contributed by atoms with E-state index >= 15 is 0 Å². The number of fused-ring (bicyclic) bond motifs is 1. The molecule has 1 unspecified atom stereocenters. The standard InChI is InChI=1S/C25H31N3O2S/c1-27(15-16-29)25(30)24-22(21-11-4-5-12-23(21)31-24)17-20-10-3-2-8-14-28(20)18-19-9-6-7-13-26-19/h4-7,9,11-13,20,29H,2-3,8,10,14-18H2,1H3. The zero-order chi connectivity index (χ0) is 21.6. The second kappa shape index (κ2) is 10.4. The summed E-state index contributed by atoms with van der Waals surface area (Å²) in [5.74, 6) is 0.00940. The molecule has 0 radical (unpaired) electrons. The monoisotopic (exact) mass is 437 g/mol. The van der Waals surface area contributed by atoms with Crippen LogP contribution in [-0.2, 0) is 13.0 Å². The molecule has 6 heteroatoms. The highest BCUT2D eigenvalue weighted by molar-refractivity contribution is 7.21. The number of likely N-dealkylation sites (tertiary alicyclic amines) is 1. The minimum atomic E-state index is -0.0249. The van der Waals surface area contributed by atoms with Crippen molar-refractivity contribution in [2.24, 2.45) is 0 Å². The molecule has 1 saturated heterocycles. The predicted octanol–water partition coefficient (Wildman–Crippen LogP) is 4.35. The Labute approximate surface area is 188 Å². The molecule has 3 heterocycles. The van der Waals surface area contributed by atoms with Gasteiger partial charge in [-0.3, -0.25) is 14.7 Å². The number of aliphatic hydroxyl groups is 1. The quantitative estimate of drug-likeness (QED) is 0.597. The summed E-state index contributed by atoms with van der Waals surface area (Å²) in [5, 5.41) is 10.5. The summed E-state index contributed by atoms with van der Waals surface area (Å²) in [6.45, 7) is 2.24. The van der Waals surface area contributed by atoms with Gasteiger partial charge in [0.2, 0.25) is 0 Å². The minimum absolute atomic E-state index is 0.00940. The number of aromatic nitrogens is 1. The number of nitrogens with zero attached hydrogens (tertiary/aromatic N) is 3. The fourth-order valence-electron chi connectivity index (χ4n) is 4.51. The number of hydrogen-bond acceptors (Lipinski definition) is 5. The predicted molar refractivity (Wildman–Crippen MR) is 126 cm³/mol. The van der Waals surface area contributed by atoms with E-state index in [9.17, 15) is 9.90 Å². The second-order valence-corrected chi connectivity index (χ2v) is 9.41. The van der Waals surface area contributed by atoms with Gasteiger partial charge in [0.05, 0.1) is 17.2 Å². The summed E-state index contributed by atoms with van der Waals surface area (Å²) < 4.78 is 1.16. The summed E-state index contributed by atoms with van der Waals surface area (Å²) >= 11 is 1.58. The number of aliphatic hydroxyl groups excluding tert-OH is 1. The van der Waals surface area contributed by atoms with E-state index in [4.69, 9.17) is 0 Å². The van der Waals surface area contributed by atoms with Crippen LogP contribution < -0.4 is 0 Å². The topological polar surface area (TPSA) is 56.7 Å². The van der Waals surface area contributed by atoms with Gasteiger partial charge in [0, 0.05) is 37.1 Å². The van der Waals surface area contributed by atoms with E-state index < -0.39 is 0 Å². The Morgan fingerprint density at radius 3 is 2.84 bits per heavy atom. The van der Waals surface area contributed by atoms with E-state index in [0.29, 0.717) is 12.6 Å². The van der Waals surface area contributed by atoms with Crippen molar-refractivity contribution in [3.8, 4) is 0 Å². The first-order valence-electron chi connectivity index (χ1n) is 11.2. The Hall–Kier alpha value is -2.28. The third kappa shape index (κ3) is 5.14. The molecule has 0 saturated carbocycles. The molecule has 0 spiro atoms. The van der Waals surface area contributed by atoms with E-state index in [2.05, 4.69) is 40.2 Å². The highest BCUT2D eigenvalue weighted by Gasteiger charge is 2.27. The van der Waals surface area contributed by atoms with E-state index in [0.717, 1.165) is 46.8 Å². The Morgan fingerprint density at radius 1 is 1.19 bits per heavy atom. The second-order valence-electron chi connectivity index (χ2n) is 8.36. The zero-order valence-electron chi connectivity index (χ0n) is 18.2. The number of carbonyl (C=O) groups is 1. The molecule has 1 fully saturated rings. The van der Waals surface area contributed by atoms with Gasteiger partial charge < -0.3 is 10.0 Å². The molecule has 1 aliphatic heterocycles. The van der Waals surface area contributed by atoms with Gasteiger partial charge in [0.15, 0.2) is 0 Å². The third-order valence-corrected chi connectivity index (χ3v) is 7.41. The van der Waals surface area contributed by atoms with Crippen molar-refractivity contribution in [2.75, 3.05) is 26.7 Å². The first kappa shape index (κ1) is 21.9. The molecule has 0 aliphatic carbocycles. The molecule has 1 atom stereocenters. The van der Waals surface area contributed by atoms with Gasteiger partial charge in [-0.2, -0.15) is 0 Å². The number of benzene rings is 1. The number of likely N-dealkylation sites (N-methyl/N-ethyl adjacent to an activating group) is 1. The molecule has 0 bridgehead atoms. The molecular formula is C25H31N3O2S. The Bertz CT molecular complexity index is 1000. The lowest BCUT2D eigenvalue weighted by Crippen LogP contribution is -2.37. The normalized spacial score (nSPS) is 17.5. The lowest BCUT2D eigenvalue weighted by molar-refractivity contribution is 0.0770. The molecule has 1 aromatic carbocycles. The van der Waals surface area contributed by atoms with Crippen LogP contribution in [0.2, 0.25) is 0 Å². The highest BCUT2D eigenvalue weighted by Crippen LogP contribution is 2.35. The van der Waals surface area contributed by atoms with Crippen molar-refractivity contribution in [1.82, 2.24) is 14.8 Å². The van der Waals surface area contributed by atoms with Crippen LogP contribution in [0.1, 0.15) is 46.6 Å². The van der Waals surface area contributed by atoms with Gasteiger partial charge in [-0.1, -0.05) is 37.1 Å². The number of thiophene rings is 1. The molecule has 2 aromatic heterocycles. The van der Waals surface area contributed by atoms with E-state index in [1.807, 2.05) is 18.3 Å². The summed E-state index contributed by atoms with van der Waals surface area (Å²) in [4.78, 5) is 22.8. The van der Waals surface area contributed by atoms with Crippen molar-refractivity contribution in [1.29, 1.82) is 0 Å². The first-order chi connectivity index (χ1) is 15.2. The smallest absolute Gasteiger partial charge is 0.264 e. The van der Waals surface area contributed by atoms with E-state index in [1.165, 1.54) is 24.6 Å². The average Bonchev–Trinajstić information content (AvgIpc) is 3.01. The van der Waals surface area contributed by atoms with Gasteiger partial charge in [0.25, 0.3) is 5.91 Å². The van der Waals surface area contributed by atoms with Crippen molar-refractivity contribution in [2.45, 2.75) is 44.7 Å². The Kier molecular flexibility index (Phi) is 7.33. The minimum Gasteiger partial charge on any atom is -0.395 e. The zero-order valence-corrected chi connectivity index (χ0v) is 19.0.